The molecule has 4 aliphatic rings. The number of nitrogens with zero attached hydrogens (tertiary/aromatic N) is 3. The number of nitrogens with one attached hydrogen (secondary N) is 1. The van der Waals surface area contributed by atoms with Crippen LogP contribution in [-0.4, -0.2) is 131 Å². The first-order valence-corrected chi connectivity index (χ1v) is 34.1. The highest BCUT2D eigenvalue weighted by molar-refractivity contribution is 5.85. The van der Waals surface area contributed by atoms with Gasteiger partial charge in [0.2, 0.25) is 0 Å². The van der Waals surface area contributed by atoms with Crippen LogP contribution < -0.4 is 19.5 Å². The van der Waals surface area contributed by atoms with Crippen LogP contribution in [-0.2, 0) is 124 Å². The second-order valence-electron chi connectivity index (χ2n) is 28.1. The van der Waals surface area contributed by atoms with Crippen LogP contribution in [0.15, 0.2) is 158 Å². The minimum atomic E-state index is -0.805. The Bertz CT molecular complexity index is 4070. The smallest absolute Gasteiger partial charge is 0.411 e. The summed E-state index contributed by atoms with van der Waals surface area (Å²) in [6.45, 7) is 20.8. The summed E-state index contributed by atoms with van der Waals surface area (Å²) in [6.07, 6.45) is -0.220. The van der Waals surface area contributed by atoms with Crippen LogP contribution in [0.5, 0.6) is 23.0 Å². The van der Waals surface area contributed by atoms with Gasteiger partial charge in [0.15, 0.2) is 0 Å². The van der Waals surface area contributed by atoms with Crippen molar-refractivity contribution in [1.29, 1.82) is 0 Å². The van der Waals surface area contributed by atoms with E-state index < -0.39 is 71.1 Å². The Morgan fingerprint density at radius 3 is 1.16 bits per heavy atom. The zero-order chi connectivity index (χ0) is 74.8. The number of ether oxygens (including phenoxy) is 10. The van der Waals surface area contributed by atoms with E-state index in [1.807, 2.05) is 146 Å². The van der Waals surface area contributed by atoms with Gasteiger partial charge in [-0.3, -0.25) is 19.5 Å². The highest BCUT2D eigenvalue weighted by Crippen LogP contribution is 2.38. The van der Waals surface area contributed by atoms with E-state index >= 15 is 0 Å². The molecule has 0 unspecified atom stereocenters. The van der Waals surface area contributed by atoms with Gasteiger partial charge in [0.25, 0.3) is 0 Å². The van der Waals surface area contributed by atoms with Gasteiger partial charge in [-0.25, -0.2) is 28.8 Å². The summed E-state index contributed by atoms with van der Waals surface area (Å²) in [5, 5.41) is 13.2. The molecule has 103 heavy (non-hydrogen) atoms. The Morgan fingerprint density at radius 1 is 0.398 bits per heavy atom. The van der Waals surface area contributed by atoms with Gasteiger partial charge in [0.05, 0.1) is 48.1 Å². The molecule has 548 valence electrons. The maximum absolute atomic E-state index is 12.8. The molecule has 4 aliphatic heterocycles. The molecule has 0 bridgehead atoms. The topological polar surface area (TPSA) is 254 Å². The number of hydrogen-bond acceptors (Lipinski definition) is 19. The van der Waals surface area contributed by atoms with Crippen molar-refractivity contribution in [2.75, 3.05) is 28.4 Å². The van der Waals surface area contributed by atoms with Crippen molar-refractivity contribution >= 4 is 42.2 Å². The van der Waals surface area contributed by atoms with Gasteiger partial charge in [0.1, 0.15) is 83.8 Å². The van der Waals surface area contributed by atoms with Gasteiger partial charge in [0, 0.05) is 54.5 Å². The van der Waals surface area contributed by atoms with E-state index in [2.05, 4.69) is 11.4 Å². The summed E-state index contributed by atoms with van der Waals surface area (Å²) in [4.78, 5) is 90.8. The minimum absolute atomic E-state index is 0.121. The van der Waals surface area contributed by atoms with E-state index in [1.165, 1.54) is 48.7 Å². The number of methoxy groups -OCH3 is 4. The van der Waals surface area contributed by atoms with E-state index in [0.717, 1.165) is 67.1 Å². The number of aromatic hydroxyl groups is 1. The molecule has 4 heterocycles. The third kappa shape index (κ3) is 21.7. The van der Waals surface area contributed by atoms with Crippen LogP contribution in [0.25, 0.3) is 0 Å². The maximum atomic E-state index is 12.8. The summed E-state index contributed by atoms with van der Waals surface area (Å²) >= 11 is 0. The number of aryl methyl sites for hydroxylation is 1. The molecule has 0 aliphatic carbocycles. The van der Waals surface area contributed by atoms with Crippen molar-refractivity contribution in [3.8, 4) is 23.0 Å². The number of amides is 3. The van der Waals surface area contributed by atoms with Crippen LogP contribution in [0.1, 0.15) is 129 Å². The highest BCUT2D eigenvalue weighted by Gasteiger charge is 2.42. The van der Waals surface area contributed by atoms with Gasteiger partial charge >= 0.3 is 42.2 Å². The molecule has 0 saturated carbocycles. The van der Waals surface area contributed by atoms with Gasteiger partial charge in [-0.15, -0.1) is 0 Å². The number of fused-ring (bicyclic) bond motifs is 4. The van der Waals surface area contributed by atoms with Crippen LogP contribution in [0.2, 0.25) is 0 Å². The van der Waals surface area contributed by atoms with Crippen molar-refractivity contribution in [1.82, 2.24) is 20.0 Å². The largest absolute Gasteiger partial charge is 0.508 e. The molecule has 0 radical (unpaired) electrons. The zero-order valence-electron chi connectivity index (χ0n) is 61.3. The predicted octanol–water partition coefficient (Wildman–Crippen LogP) is 13.2. The number of phenolic OH excluding ortho intramolecular Hbond substituents is 1. The number of rotatable bonds is 13. The molecular formula is C81H96N4O18. The molecule has 4 atom stereocenters. The summed E-state index contributed by atoms with van der Waals surface area (Å²) in [5.41, 5.74) is 9.70. The van der Waals surface area contributed by atoms with Crippen molar-refractivity contribution in [3.05, 3.63) is 224 Å². The van der Waals surface area contributed by atoms with Crippen molar-refractivity contribution in [2.24, 2.45) is 0 Å². The van der Waals surface area contributed by atoms with E-state index in [0.29, 0.717) is 56.9 Å². The first-order chi connectivity index (χ1) is 49.0. The molecule has 0 fully saturated rings. The van der Waals surface area contributed by atoms with E-state index in [-0.39, 0.29) is 43.8 Å². The zero-order valence-corrected chi connectivity index (χ0v) is 61.3. The standard InChI is InChI=1S/C24H29NO5.C23H27NO5.C18H19NO3.C16H21NO5/c1-16-11-12-18-14-25(23(27)30-24(2,3)4)20(22(26)28-5)13-19(18)21(16)29-15-17-9-7-6-8-10-17;1-23(2,3)29-22(26)24-14-17-11-8-12-20(18(17)13-19(24)21(25)27-4)28-15-16-9-6-5-7-10-16;1-21-18(20)16-10-15-14(11-19-16)8-5-9-17(15)22-12-13-6-3-2-4-7-13;1-16(2,3)22-15(20)17-9-10-6-5-7-13(18)11(10)8-12(17)14(19)21-4/h6-12,20H,13-15H2,1-5H3;5-12,19H,13-15H2,1-4H3;2-9,16,19H,10-12H2,1H3;5-7,12,18H,8-9H2,1-4H3/t20-;19-;16-;12-/m0000/s1. The molecule has 0 aromatic heterocycles. The first-order valence-electron chi connectivity index (χ1n) is 34.1. The minimum Gasteiger partial charge on any atom is -0.508 e. The summed E-state index contributed by atoms with van der Waals surface area (Å²) in [5.74, 6) is 0.731. The lowest BCUT2D eigenvalue weighted by atomic mass is 9.91. The fourth-order valence-corrected chi connectivity index (χ4v) is 12.0. The number of benzene rings is 7. The SMILES string of the molecule is COC(=O)[C@@H]1Cc2c(O)cccc2CN1C(=O)OC(C)(C)C.COC(=O)[C@@H]1Cc2c(ccc(C)c2OCc2ccccc2)CN1C(=O)OC(C)(C)C.COC(=O)[C@@H]1Cc2c(cccc2OCc2ccccc2)CN1.COC(=O)[C@@H]1Cc2c(cccc2OCc2ccccc2)CN1C(=O)OC(C)(C)C. The van der Waals surface area contributed by atoms with Crippen molar-refractivity contribution < 1.29 is 86.0 Å². The summed E-state index contributed by atoms with van der Waals surface area (Å²) in [6, 6.07) is 48.0. The van der Waals surface area contributed by atoms with Crippen LogP contribution >= 0.6 is 0 Å². The molecule has 11 rings (SSSR count). The molecule has 22 nitrogen and oxygen atoms in total. The molecule has 3 amide bonds. The average Bonchev–Trinajstić information content (AvgIpc) is 0.790. The van der Waals surface area contributed by atoms with E-state index in [9.17, 15) is 38.7 Å². The van der Waals surface area contributed by atoms with Gasteiger partial charge < -0.3 is 57.8 Å². The van der Waals surface area contributed by atoms with Crippen LogP contribution in [0, 0.1) is 6.92 Å². The molecule has 2 N–H and O–H groups in total. The van der Waals surface area contributed by atoms with Gasteiger partial charge in [-0.1, -0.05) is 140 Å². The fraction of sp³-hybridized carbons (Fsp3) is 0.395. The summed E-state index contributed by atoms with van der Waals surface area (Å²) in [7, 11) is 5.34. The number of hydrogen-bond donors (Lipinski definition) is 2. The Labute approximate surface area is 603 Å². The fourth-order valence-electron chi connectivity index (χ4n) is 12.0. The molecule has 22 heteroatoms. The quantitative estimate of drug-likeness (QED) is 0.0803. The Morgan fingerprint density at radius 2 is 0.748 bits per heavy atom. The molecule has 7 aromatic carbocycles. The number of phenols is 1. The number of carbonyl (C=O) groups excluding carboxylic acids is 7. The van der Waals surface area contributed by atoms with Crippen molar-refractivity contribution in [3.63, 3.8) is 0 Å². The normalized spacial score (nSPS) is 16.5. The Hall–Kier alpha value is -10.6. The third-order valence-electron chi connectivity index (χ3n) is 17.0. The molecule has 7 aromatic rings. The lowest BCUT2D eigenvalue weighted by Crippen LogP contribution is -2.50. The van der Waals surface area contributed by atoms with E-state index in [4.69, 9.17) is 47.4 Å². The van der Waals surface area contributed by atoms with Crippen molar-refractivity contribution in [2.45, 2.75) is 182 Å². The monoisotopic (exact) mass is 1410 g/mol. The van der Waals surface area contributed by atoms with Gasteiger partial charge in [-0.05, 0) is 132 Å². The first kappa shape index (κ1) is 78.1. The van der Waals surface area contributed by atoms with Crippen LogP contribution in [0.3, 0.4) is 0 Å². The second kappa shape index (κ2) is 35.3. The Kier molecular flexibility index (Phi) is 26.8. The molecule has 0 saturated heterocycles. The number of esters is 4. The lowest BCUT2D eigenvalue weighted by molar-refractivity contribution is -0.148. The van der Waals surface area contributed by atoms with Crippen LogP contribution in [0.4, 0.5) is 14.4 Å². The summed E-state index contributed by atoms with van der Waals surface area (Å²) < 4.78 is 54.1. The second-order valence-corrected chi connectivity index (χ2v) is 28.1. The molecule has 0 spiro atoms. The Balaban J connectivity index is 0.000000176. The maximum Gasteiger partial charge on any atom is 0.411 e. The van der Waals surface area contributed by atoms with E-state index in [1.54, 1.807) is 74.4 Å². The van der Waals surface area contributed by atoms with Gasteiger partial charge in [-0.2, -0.15) is 0 Å². The lowest BCUT2D eigenvalue weighted by Gasteiger charge is -2.37. The predicted molar refractivity (Wildman–Crippen MR) is 385 cm³/mol. The number of carbonyl (C=O) groups is 7. The third-order valence-corrected chi connectivity index (χ3v) is 17.0. The average molecular weight is 1410 g/mol. The molecular weight excluding hydrogens is 1320 g/mol. The highest BCUT2D eigenvalue weighted by atomic mass is 16.6.